The Balaban J connectivity index is 2.47. The minimum Gasteiger partial charge on any atom is -0.477 e. The van der Waals surface area contributed by atoms with E-state index in [0.29, 0.717) is 24.1 Å². The molecule has 5 heteroatoms. The van der Waals surface area contributed by atoms with Gasteiger partial charge in [0, 0.05) is 32.9 Å². The van der Waals surface area contributed by atoms with Gasteiger partial charge in [-0.3, -0.25) is 0 Å². The molecule has 1 aromatic heterocycles. The molecule has 16 heavy (non-hydrogen) atoms. The zero-order chi connectivity index (χ0) is 11.8. The van der Waals surface area contributed by atoms with Gasteiger partial charge in [0.1, 0.15) is 5.02 Å². The summed E-state index contributed by atoms with van der Waals surface area (Å²) in [6.07, 6.45) is 2.58. The molecule has 0 radical (unpaired) electrons. The van der Waals surface area contributed by atoms with Crippen molar-refractivity contribution in [2.75, 3.05) is 27.4 Å². The molecule has 0 saturated carbocycles. The fourth-order valence-electron chi connectivity index (χ4n) is 1.24. The summed E-state index contributed by atoms with van der Waals surface area (Å²) in [7, 11) is 3.54. The van der Waals surface area contributed by atoms with E-state index < -0.39 is 0 Å². The lowest BCUT2D eigenvalue weighted by Crippen LogP contribution is -2.07. The van der Waals surface area contributed by atoms with E-state index >= 15 is 0 Å². The number of nitrogens with zero attached hydrogens (tertiary/aromatic N) is 1. The van der Waals surface area contributed by atoms with Crippen molar-refractivity contribution in [2.45, 2.75) is 13.0 Å². The highest BCUT2D eigenvalue weighted by Crippen LogP contribution is 2.22. The van der Waals surface area contributed by atoms with E-state index in [9.17, 15) is 0 Å². The van der Waals surface area contributed by atoms with Crippen LogP contribution in [0.4, 0.5) is 0 Å². The van der Waals surface area contributed by atoms with Gasteiger partial charge >= 0.3 is 0 Å². The first-order valence-corrected chi connectivity index (χ1v) is 5.56. The minimum atomic E-state index is 0.484. The minimum absolute atomic E-state index is 0.484. The quantitative estimate of drug-likeness (QED) is 0.744. The third kappa shape index (κ3) is 4.35. The van der Waals surface area contributed by atoms with Crippen LogP contribution in [0.25, 0.3) is 0 Å². The number of nitrogens with one attached hydrogen (secondary N) is 1. The lowest BCUT2D eigenvalue weighted by Gasteiger charge is -2.07. The molecule has 0 aliphatic carbocycles. The molecule has 0 unspecified atom stereocenters. The van der Waals surface area contributed by atoms with Crippen molar-refractivity contribution in [3.05, 3.63) is 22.8 Å². The molecule has 0 amide bonds. The molecule has 1 N–H and O–H groups in total. The molecule has 90 valence electrons. The van der Waals surface area contributed by atoms with Crippen LogP contribution in [-0.2, 0) is 11.3 Å². The maximum absolute atomic E-state index is 6.03. The van der Waals surface area contributed by atoms with Crippen molar-refractivity contribution < 1.29 is 9.47 Å². The number of aromatic nitrogens is 1. The second kappa shape index (κ2) is 7.44. The Morgan fingerprint density at radius 3 is 2.88 bits per heavy atom. The van der Waals surface area contributed by atoms with Crippen molar-refractivity contribution in [3.8, 4) is 5.88 Å². The Kier molecular flexibility index (Phi) is 6.15. The highest BCUT2D eigenvalue weighted by Gasteiger charge is 2.04. The van der Waals surface area contributed by atoms with Crippen LogP contribution in [0.5, 0.6) is 5.88 Å². The molecule has 1 heterocycles. The zero-order valence-electron chi connectivity index (χ0n) is 9.62. The molecule has 0 atom stereocenters. The van der Waals surface area contributed by atoms with Crippen LogP contribution in [0.1, 0.15) is 12.0 Å². The molecule has 0 saturated heterocycles. The Labute approximate surface area is 101 Å². The molecule has 0 spiro atoms. The predicted octanol–water partition coefficient (Wildman–Crippen LogP) is 1.87. The third-order valence-electron chi connectivity index (χ3n) is 1.98. The zero-order valence-corrected chi connectivity index (χ0v) is 10.4. The van der Waals surface area contributed by atoms with Crippen LogP contribution in [-0.4, -0.2) is 32.4 Å². The number of hydrogen-bond donors (Lipinski definition) is 1. The third-order valence-corrected chi connectivity index (χ3v) is 2.25. The molecule has 0 aromatic carbocycles. The van der Waals surface area contributed by atoms with Crippen molar-refractivity contribution in [3.63, 3.8) is 0 Å². The summed E-state index contributed by atoms with van der Waals surface area (Å²) < 4.78 is 10.3. The molecule has 0 aliphatic heterocycles. The van der Waals surface area contributed by atoms with Crippen molar-refractivity contribution >= 4 is 11.6 Å². The first-order valence-electron chi connectivity index (χ1n) is 5.18. The predicted molar refractivity (Wildman–Crippen MR) is 64.0 cm³/mol. The van der Waals surface area contributed by atoms with Crippen LogP contribution >= 0.6 is 11.6 Å². The van der Waals surface area contributed by atoms with Gasteiger partial charge < -0.3 is 14.8 Å². The molecule has 1 aromatic rings. The summed E-state index contributed by atoms with van der Waals surface area (Å²) in [4.78, 5) is 4.16. The highest BCUT2D eigenvalue weighted by molar-refractivity contribution is 6.31. The smallest absolute Gasteiger partial charge is 0.232 e. The van der Waals surface area contributed by atoms with Crippen LogP contribution in [0, 0.1) is 0 Å². The monoisotopic (exact) mass is 244 g/mol. The number of methoxy groups -OCH3 is 1. The SMILES string of the molecule is CNCc1cnc(OCCCOC)c(Cl)c1. The molecular formula is C11H17ClN2O2. The van der Waals surface area contributed by atoms with Gasteiger partial charge in [-0.2, -0.15) is 0 Å². The molecule has 0 aliphatic rings. The largest absolute Gasteiger partial charge is 0.477 e. The number of hydrogen-bond acceptors (Lipinski definition) is 4. The summed E-state index contributed by atoms with van der Waals surface area (Å²) >= 11 is 6.03. The molecule has 1 rings (SSSR count). The molecular weight excluding hydrogens is 228 g/mol. The van der Waals surface area contributed by atoms with E-state index in [0.717, 1.165) is 18.5 Å². The fourth-order valence-corrected chi connectivity index (χ4v) is 1.49. The molecule has 4 nitrogen and oxygen atoms in total. The lowest BCUT2D eigenvalue weighted by molar-refractivity contribution is 0.170. The summed E-state index contributed by atoms with van der Waals surface area (Å²) in [5.74, 6) is 0.484. The molecule has 0 fully saturated rings. The normalized spacial score (nSPS) is 10.4. The Morgan fingerprint density at radius 1 is 1.44 bits per heavy atom. The maximum atomic E-state index is 6.03. The summed E-state index contributed by atoms with van der Waals surface area (Å²) in [5.41, 5.74) is 1.04. The lowest BCUT2D eigenvalue weighted by atomic mass is 10.3. The first-order chi connectivity index (χ1) is 7.77. The van der Waals surface area contributed by atoms with E-state index in [-0.39, 0.29) is 0 Å². The topological polar surface area (TPSA) is 43.4 Å². The Bertz CT molecular complexity index is 321. The van der Waals surface area contributed by atoms with Gasteiger partial charge in [0.05, 0.1) is 6.61 Å². The van der Waals surface area contributed by atoms with Crippen LogP contribution < -0.4 is 10.1 Å². The van der Waals surface area contributed by atoms with Crippen molar-refractivity contribution in [1.82, 2.24) is 10.3 Å². The maximum Gasteiger partial charge on any atom is 0.232 e. The van der Waals surface area contributed by atoms with Gasteiger partial charge in [0.15, 0.2) is 0 Å². The van der Waals surface area contributed by atoms with E-state index in [1.807, 2.05) is 13.1 Å². The van der Waals surface area contributed by atoms with Gasteiger partial charge in [-0.05, 0) is 18.7 Å². The van der Waals surface area contributed by atoms with Crippen molar-refractivity contribution in [2.24, 2.45) is 0 Å². The van der Waals surface area contributed by atoms with E-state index in [1.165, 1.54) is 0 Å². The van der Waals surface area contributed by atoms with Crippen molar-refractivity contribution in [1.29, 1.82) is 0 Å². The number of ether oxygens (including phenoxy) is 2. The molecule has 0 bridgehead atoms. The standard InChI is InChI=1S/C11H17ClN2O2/c1-13-7-9-6-10(12)11(14-8-9)16-5-3-4-15-2/h6,8,13H,3-5,7H2,1-2H3. The first kappa shape index (κ1) is 13.2. The van der Waals surface area contributed by atoms with Gasteiger partial charge in [-0.1, -0.05) is 11.6 Å². The second-order valence-corrected chi connectivity index (χ2v) is 3.76. The van der Waals surface area contributed by atoms with Gasteiger partial charge in [0.25, 0.3) is 0 Å². The number of pyridine rings is 1. The van der Waals surface area contributed by atoms with E-state index in [2.05, 4.69) is 10.3 Å². The van der Waals surface area contributed by atoms with Gasteiger partial charge in [0.2, 0.25) is 5.88 Å². The fraction of sp³-hybridized carbons (Fsp3) is 0.545. The van der Waals surface area contributed by atoms with E-state index in [1.54, 1.807) is 13.3 Å². The Morgan fingerprint density at radius 2 is 2.25 bits per heavy atom. The average Bonchev–Trinajstić information content (AvgIpc) is 2.27. The summed E-state index contributed by atoms with van der Waals surface area (Å²) in [5, 5.41) is 3.58. The number of rotatable bonds is 7. The van der Waals surface area contributed by atoms with Gasteiger partial charge in [-0.15, -0.1) is 0 Å². The average molecular weight is 245 g/mol. The second-order valence-electron chi connectivity index (χ2n) is 3.36. The van der Waals surface area contributed by atoms with Crippen LogP contribution in [0.15, 0.2) is 12.3 Å². The summed E-state index contributed by atoms with van der Waals surface area (Å²) in [6.45, 7) is 1.98. The Hall–Kier alpha value is -0.840. The summed E-state index contributed by atoms with van der Waals surface area (Å²) in [6, 6.07) is 1.86. The van der Waals surface area contributed by atoms with E-state index in [4.69, 9.17) is 21.1 Å². The van der Waals surface area contributed by atoms with Crippen LogP contribution in [0.3, 0.4) is 0 Å². The number of halogens is 1. The highest BCUT2D eigenvalue weighted by atomic mass is 35.5. The van der Waals surface area contributed by atoms with Gasteiger partial charge in [-0.25, -0.2) is 4.98 Å². The van der Waals surface area contributed by atoms with Crippen LogP contribution in [0.2, 0.25) is 5.02 Å².